The molecule has 3 nitrogen and oxygen atoms in total. The van der Waals surface area contributed by atoms with E-state index in [2.05, 4.69) is 40.6 Å². The largest absolute Gasteiger partial charge is 0.382 e. The van der Waals surface area contributed by atoms with Gasteiger partial charge in [0.1, 0.15) is 0 Å². The summed E-state index contributed by atoms with van der Waals surface area (Å²) < 4.78 is 0. The summed E-state index contributed by atoms with van der Waals surface area (Å²) in [7, 11) is 0. The van der Waals surface area contributed by atoms with E-state index in [1.165, 1.54) is 23.9 Å². The van der Waals surface area contributed by atoms with Crippen LogP contribution < -0.4 is 11.1 Å². The summed E-state index contributed by atoms with van der Waals surface area (Å²) in [6.45, 7) is 2.02. The van der Waals surface area contributed by atoms with Crippen molar-refractivity contribution in [2.45, 2.75) is 44.7 Å². The van der Waals surface area contributed by atoms with Gasteiger partial charge in [0, 0.05) is 28.9 Å². The second kappa shape index (κ2) is 5.17. The van der Waals surface area contributed by atoms with Gasteiger partial charge in [-0.2, -0.15) is 0 Å². The SMILES string of the molecule is Cc1ccc2cc(NC3CCC(N)CC3)ccc2n1. The summed E-state index contributed by atoms with van der Waals surface area (Å²) in [5, 5.41) is 4.82. The number of aryl methyl sites for hydroxylation is 1. The van der Waals surface area contributed by atoms with Crippen molar-refractivity contribution in [2.75, 3.05) is 5.32 Å². The van der Waals surface area contributed by atoms with Crippen LogP contribution in [0.4, 0.5) is 5.69 Å². The van der Waals surface area contributed by atoms with Crippen LogP contribution in [0, 0.1) is 6.92 Å². The number of aromatic nitrogens is 1. The lowest BCUT2D eigenvalue weighted by Crippen LogP contribution is -2.32. The number of pyridine rings is 1. The Morgan fingerprint density at radius 2 is 1.89 bits per heavy atom. The highest BCUT2D eigenvalue weighted by molar-refractivity contribution is 5.82. The summed E-state index contributed by atoms with van der Waals surface area (Å²) in [5.74, 6) is 0. The van der Waals surface area contributed by atoms with E-state index >= 15 is 0 Å². The molecule has 0 atom stereocenters. The number of nitrogens with two attached hydrogens (primary N) is 1. The summed E-state index contributed by atoms with van der Waals surface area (Å²) in [6, 6.07) is 11.6. The van der Waals surface area contributed by atoms with E-state index in [0.29, 0.717) is 12.1 Å². The third-order valence-corrected chi connectivity index (χ3v) is 3.97. The third-order valence-electron chi connectivity index (χ3n) is 3.97. The molecule has 1 aromatic heterocycles. The van der Waals surface area contributed by atoms with E-state index in [4.69, 9.17) is 5.73 Å². The monoisotopic (exact) mass is 255 g/mol. The molecule has 3 N–H and O–H groups in total. The molecular weight excluding hydrogens is 234 g/mol. The summed E-state index contributed by atoms with van der Waals surface area (Å²) in [5.41, 5.74) is 9.27. The number of nitrogens with one attached hydrogen (secondary N) is 1. The summed E-state index contributed by atoms with van der Waals surface area (Å²) in [6.07, 6.45) is 4.61. The van der Waals surface area contributed by atoms with Gasteiger partial charge >= 0.3 is 0 Å². The molecule has 1 fully saturated rings. The van der Waals surface area contributed by atoms with E-state index in [-0.39, 0.29) is 0 Å². The Labute approximate surface area is 114 Å². The zero-order valence-corrected chi connectivity index (χ0v) is 11.4. The smallest absolute Gasteiger partial charge is 0.0706 e. The van der Waals surface area contributed by atoms with E-state index in [1.807, 2.05) is 6.92 Å². The minimum atomic E-state index is 0.404. The number of rotatable bonds is 2. The van der Waals surface area contributed by atoms with Gasteiger partial charge in [0.05, 0.1) is 5.52 Å². The second-order valence-corrected chi connectivity index (χ2v) is 5.62. The quantitative estimate of drug-likeness (QED) is 0.866. The Hall–Kier alpha value is -1.61. The zero-order chi connectivity index (χ0) is 13.2. The second-order valence-electron chi connectivity index (χ2n) is 5.62. The van der Waals surface area contributed by atoms with Crippen LogP contribution in [0.5, 0.6) is 0 Å². The van der Waals surface area contributed by atoms with Crippen molar-refractivity contribution in [3.63, 3.8) is 0 Å². The Balaban J connectivity index is 1.76. The number of hydrogen-bond donors (Lipinski definition) is 2. The molecule has 100 valence electrons. The first-order valence-electron chi connectivity index (χ1n) is 7.10. The average molecular weight is 255 g/mol. The molecule has 1 aliphatic carbocycles. The number of fused-ring (bicyclic) bond motifs is 1. The average Bonchev–Trinajstić information content (AvgIpc) is 2.42. The minimum absolute atomic E-state index is 0.404. The van der Waals surface area contributed by atoms with Crippen LogP contribution in [-0.4, -0.2) is 17.1 Å². The molecule has 0 aliphatic heterocycles. The van der Waals surface area contributed by atoms with Crippen LogP contribution in [-0.2, 0) is 0 Å². The molecule has 2 aromatic rings. The molecule has 19 heavy (non-hydrogen) atoms. The maximum Gasteiger partial charge on any atom is 0.0706 e. The van der Waals surface area contributed by atoms with E-state index in [1.54, 1.807) is 0 Å². The fourth-order valence-electron chi connectivity index (χ4n) is 2.82. The number of nitrogens with zero attached hydrogens (tertiary/aromatic N) is 1. The van der Waals surface area contributed by atoms with Gasteiger partial charge in [0.2, 0.25) is 0 Å². The zero-order valence-electron chi connectivity index (χ0n) is 11.4. The molecule has 0 unspecified atom stereocenters. The van der Waals surface area contributed by atoms with Crippen molar-refractivity contribution >= 4 is 16.6 Å². The molecule has 0 radical (unpaired) electrons. The van der Waals surface area contributed by atoms with Crippen molar-refractivity contribution in [2.24, 2.45) is 5.73 Å². The molecule has 1 heterocycles. The molecule has 3 heteroatoms. The number of anilines is 1. The van der Waals surface area contributed by atoms with Crippen molar-refractivity contribution in [3.05, 3.63) is 36.0 Å². The minimum Gasteiger partial charge on any atom is -0.382 e. The topological polar surface area (TPSA) is 50.9 Å². The van der Waals surface area contributed by atoms with E-state index in [9.17, 15) is 0 Å². The highest BCUT2D eigenvalue weighted by Crippen LogP contribution is 2.23. The molecule has 1 aromatic carbocycles. The van der Waals surface area contributed by atoms with Crippen LogP contribution in [0.3, 0.4) is 0 Å². The van der Waals surface area contributed by atoms with E-state index < -0.39 is 0 Å². The molecule has 1 aliphatic rings. The van der Waals surface area contributed by atoms with Crippen LogP contribution in [0.25, 0.3) is 10.9 Å². The Bertz CT molecular complexity index is 571. The predicted molar refractivity (Wildman–Crippen MR) is 80.3 cm³/mol. The Morgan fingerprint density at radius 3 is 2.68 bits per heavy atom. The maximum absolute atomic E-state index is 5.94. The van der Waals surface area contributed by atoms with Gasteiger partial charge in [-0.25, -0.2) is 0 Å². The first-order valence-corrected chi connectivity index (χ1v) is 7.10. The summed E-state index contributed by atoms with van der Waals surface area (Å²) in [4.78, 5) is 4.53. The van der Waals surface area contributed by atoms with Crippen molar-refractivity contribution < 1.29 is 0 Å². The van der Waals surface area contributed by atoms with Gasteiger partial charge in [-0.15, -0.1) is 0 Å². The Kier molecular flexibility index (Phi) is 3.38. The van der Waals surface area contributed by atoms with Gasteiger partial charge in [-0.3, -0.25) is 4.98 Å². The van der Waals surface area contributed by atoms with Gasteiger partial charge in [-0.05, 0) is 56.9 Å². The third kappa shape index (κ3) is 2.87. The molecule has 0 bridgehead atoms. The lowest BCUT2D eigenvalue weighted by Gasteiger charge is -2.27. The number of benzene rings is 1. The van der Waals surface area contributed by atoms with Crippen molar-refractivity contribution in [3.8, 4) is 0 Å². The van der Waals surface area contributed by atoms with Gasteiger partial charge < -0.3 is 11.1 Å². The highest BCUT2D eigenvalue weighted by atomic mass is 14.9. The molecule has 1 saturated carbocycles. The lowest BCUT2D eigenvalue weighted by molar-refractivity contribution is 0.411. The number of hydrogen-bond acceptors (Lipinski definition) is 3. The lowest BCUT2D eigenvalue weighted by atomic mass is 9.91. The molecule has 0 saturated heterocycles. The van der Waals surface area contributed by atoms with Crippen molar-refractivity contribution in [1.29, 1.82) is 0 Å². The van der Waals surface area contributed by atoms with Gasteiger partial charge in [-0.1, -0.05) is 6.07 Å². The Morgan fingerprint density at radius 1 is 1.11 bits per heavy atom. The van der Waals surface area contributed by atoms with Crippen LogP contribution in [0.2, 0.25) is 0 Å². The first-order chi connectivity index (χ1) is 9.20. The fourth-order valence-corrected chi connectivity index (χ4v) is 2.82. The van der Waals surface area contributed by atoms with Crippen molar-refractivity contribution in [1.82, 2.24) is 4.98 Å². The summed E-state index contributed by atoms with van der Waals surface area (Å²) >= 11 is 0. The van der Waals surface area contributed by atoms with Crippen LogP contribution >= 0.6 is 0 Å². The molecule has 0 spiro atoms. The highest BCUT2D eigenvalue weighted by Gasteiger charge is 2.18. The van der Waals surface area contributed by atoms with Crippen LogP contribution in [0.15, 0.2) is 30.3 Å². The molecule has 0 amide bonds. The predicted octanol–water partition coefficient (Wildman–Crippen LogP) is 3.23. The maximum atomic E-state index is 5.94. The normalized spacial score (nSPS) is 23.5. The standard InChI is InChI=1S/C16H21N3/c1-11-2-3-12-10-15(8-9-16(12)18-11)19-14-6-4-13(17)5-7-14/h2-3,8-10,13-14,19H,4-7,17H2,1H3. The molecular formula is C16H21N3. The van der Waals surface area contributed by atoms with Gasteiger partial charge in [0.15, 0.2) is 0 Å². The first kappa shape index (κ1) is 12.4. The van der Waals surface area contributed by atoms with Gasteiger partial charge in [0.25, 0.3) is 0 Å². The molecule has 3 rings (SSSR count). The van der Waals surface area contributed by atoms with Crippen LogP contribution in [0.1, 0.15) is 31.4 Å². The van der Waals surface area contributed by atoms with E-state index in [0.717, 1.165) is 24.1 Å². The fraction of sp³-hybridized carbons (Fsp3) is 0.438.